The van der Waals surface area contributed by atoms with E-state index in [1.807, 2.05) is 19.1 Å². The zero-order valence-electron chi connectivity index (χ0n) is 17.3. The molecule has 4 unspecified atom stereocenters. The van der Waals surface area contributed by atoms with E-state index in [9.17, 15) is 13.2 Å². The third-order valence-corrected chi connectivity index (χ3v) is 9.32. The lowest BCUT2D eigenvalue weighted by molar-refractivity contribution is -0.124. The summed E-state index contributed by atoms with van der Waals surface area (Å²) in [5.41, 5.74) is 2.09. The Labute approximate surface area is 172 Å². The first-order valence-corrected chi connectivity index (χ1v) is 11.9. The molecule has 1 amide bonds. The van der Waals surface area contributed by atoms with E-state index in [0.29, 0.717) is 43.7 Å². The molecule has 0 radical (unpaired) electrons. The minimum absolute atomic E-state index is 0.0955. The van der Waals surface area contributed by atoms with Gasteiger partial charge in [0.2, 0.25) is 15.9 Å². The highest BCUT2D eigenvalue weighted by molar-refractivity contribution is 7.89. The maximum Gasteiger partial charge on any atom is 0.220 e. The molecule has 2 aliphatic heterocycles. The van der Waals surface area contributed by atoms with E-state index < -0.39 is 10.0 Å². The number of hydrogen-bond acceptors (Lipinski definition) is 5. The van der Waals surface area contributed by atoms with Crippen LogP contribution in [0.25, 0.3) is 0 Å². The lowest BCUT2D eigenvalue weighted by atomic mass is 9.79. The van der Waals surface area contributed by atoms with Gasteiger partial charge < -0.3 is 14.8 Å². The summed E-state index contributed by atoms with van der Waals surface area (Å²) in [6, 6.07) is 3.77. The Kier molecular flexibility index (Phi) is 5.50. The lowest BCUT2D eigenvalue weighted by Gasteiger charge is -2.42. The number of amides is 1. The number of methoxy groups -OCH3 is 2. The van der Waals surface area contributed by atoms with Gasteiger partial charge in [-0.25, -0.2) is 8.42 Å². The fourth-order valence-corrected chi connectivity index (χ4v) is 7.46. The Morgan fingerprint density at radius 1 is 1.07 bits per heavy atom. The summed E-state index contributed by atoms with van der Waals surface area (Å²) < 4.78 is 39.6. The van der Waals surface area contributed by atoms with Crippen LogP contribution in [-0.4, -0.2) is 50.7 Å². The van der Waals surface area contributed by atoms with Crippen molar-refractivity contribution in [1.29, 1.82) is 0 Å². The predicted molar refractivity (Wildman–Crippen MR) is 110 cm³/mol. The van der Waals surface area contributed by atoms with Crippen LogP contribution in [0.3, 0.4) is 0 Å². The third kappa shape index (κ3) is 3.61. The molecule has 160 valence electrons. The number of rotatable bonds is 4. The number of carbonyl (C=O) groups excluding carboxylic acids is 1. The number of nitrogens with one attached hydrogen (secondary N) is 1. The molecule has 4 atom stereocenters. The summed E-state index contributed by atoms with van der Waals surface area (Å²) >= 11 is 0. The standard InChI is InChI=1S/C21H30N2O5S/c1-13-17-12-20(28-3)19(27-2)11-14(17)8-9-23(13)29(25,26)16-5-6-18-15(10-16)4-7-21(24)22-18/h11-13,15-16,18H,4-10H2,1-3H3,(H,22,24). The van der Waals surface area contributed by atoms with Gasteiger partial charge in [-0.1, -0.05) is 0 Å². The van der Waals surface area contributed by atoms with E-state index >= 15 is 0 Å². The lowest BCUT2D eigenvalue weighted by Crippen LogP contribution is -2.52. The molecule has 3 aliphatic rings. The van der Waals surface area contributed by atoms with E-state index in [0.717, 1.165) is 24.0 Å². The van der Waals surface area contributed by atoms with Crippen LogP contribution in [0.4, 0.5) is 0 Å². The zero-order chi connectivity index (χ0) is 20.8. The van der Waals surface area contributed by atoms with Gasteiger partial charge in [0.05, 0.1) is 19.5 Å². The quantitative estimate of drug-likeness (QED) is 0.805. The van der Waals surface area contributed by atoms with Gasteiger partial charge in [-0.3, -0.25) is 4.79 Å². The molecule has 1 aromatic carbocycles. The van der Waals surface area contributed by atoms with E-state index in [1.165, 1.54) is 0 Å². The summed E-state index contributed by atoms with van der Waals surface area (Å²) in [7, 11) is -0.228. The maximum absolute atomic E-state index is 13.6. The van der Waals surface area contributed by atoms with Gasteiger partial charge in [0.15, 0.2) is 11.5 Å². The van der Waals surface area contributed by atoms with Crippen LogP contribution in [0.2, 0.25) is 0 Å². The Morgan fingerprint density at radius 3 is 2.52 bits per heavy atom. The number of sulfonamides is 1. The van der Waals surface area contributed by atoms with Gasteiger partial charge in [0.25, 0.3) is 0 Å². The average Bonchev–Trinajstić information content (AvgIpc) is 2.72. The first-order valence-electron chi connectivity index (χ1n) is 10.4. The largest absolute Gasteiger partial charge is 0.493 e. The van der Waals surface area contributed by atoms with Crippen LogP contribution in [0.1, 0.15) is 56.2 Å². The predicted octanol–water partition coefficient (Wildman–Crippen LogP) is 2.40. The molecule has 0 spiro atoms. The smallest absolute Gasteiger partial charge is 0.220 e. The summed E-state index contributed by atoms with van der Waals surface area (Å²) in [6.07, 6.45) is 3.93. The third-order valence-electron chi connectivity index (χ3n) is 6.90. The summed E-state index contributed by atoms with van der Waals surface area (Å²) in [6.45, 7) is 2.43. The summed E-state index contributed by atoms with van der Waals surface area (Å²) in [4.78, 5) is 11.6. The van der Waals surface area contributed by atoms with Gasteiger partial charge in [-0.05, 0) is 68.2 Å². The van der Waals surface area contributed by atoms with Crippen LogP contribution in [0.5, 0.6) is 11.5 Å². The molecule has 29 heavy (non-hydrogen) atoms. The van der Waals surface area contributed by atoms with Gasteiger partial charge in [-0.15, -0.1) is 0 Å². The molecule has 7 nitrogen and oxygen atoms in total. The SMILES string of the molecule is COc1cc2c(cc1OC)C(C)N(S(=O)(=O)C1CCC3NC(=O)CCC3C1)CC2. The number of hydrogen-bond donors (Lipinski definition) is 1. The average molecular weight is 423 g/mol. The second-order valence-electron chi connectivity index (χ2n) is 8.40. The van der Waals surface area contributed by atoms with Crippen LogP contribution >= 0.6 is 0 Å². The monoisotopic (exact) mass is 422 g/mol. The minimum Gasteiger partial charge on any atom is -0.493 e. The Morgan fingerprint density at radius 2 is 1.79 bits per heavy atom. The molecule has 1 saturated heterocycles. The first-order chi connectivity index (χ1) is 13.8. The van der Waals surface area contributed by atoms with Gasteiger partial charge in [0, 0.05) is 25.0 Å². The molecule has 4 rings (SSSR count). The fraction of sp³-hybridized carbons (Fsp3) is 0.667. The van der Waals surface area contributed by atoms with Gasteiger partial charge >= 0.3 is 0 Å². The summed E-state index contributed by atoms with van der Waals surface area (Å²) in [5, 5.41) is 2.67. The van der Waals surface area contributed by atoms with Crippen molar-refractivity contribution >= 4 is 15.9 Å². The minimum atomic E-state index is -3.43. The number of nitrogens with zero attached hydrogens (tertiary/aromatic N) is 1. The Bertz CT molecular complexity index is 901. The van der Waals surface area contributed by atoms with Crippen molar-refractivity contribution in [3.8, 4) is 11.5 Å². The fourth-order valence-electron chi connectivity index (χ4n) is 5.26. The number of piperidine rings is 1. The van der Waals surface area contributed by atoms with Crippen LogP contribution < -0.4 is 14.8 Å². The first kappa shape index (κ1) is 20.5. The molecule has 1 aromatic rings. The van der Waals surface area contributed by atoms with Gasteiger partial charge in [-0.2, -0.15) is 4.31 Å². The van der Waals surface area contributed by atoms with Crippen molar-refractivity contribution in [2.24, 2.45) is 5.92 Å². The molecule has 2 fully saturated rings. The second kappa shape index (κ2) is 7.80. The molecular formula is C21H30N2O5S. The topological polar surface area (TPSA) is 84.9 Å². The van der Waals surface area contributed by atoms with Crippen molar-refractivity contribution in [3.63, 3.8) is 0 Å². The highest BCUT2D eigenvalue weighted by Gasteiger charge is 2.44. The molecule has 2 heterocycles. The van der Waals surface area contributed by atoms with Crippen molar-refractivity contribution in [1.82, 2.24) is 9.62 Å². The number of benzene rings is 1. The number of ether oxygens (including phenoxy) is 2. The van der Waals surface area contributed by atoms with E-state index in [1.54, 1.807) is 18.5 Å². The Hall–Kier alpha value is -1.80. The van der Waals surface area contributed by atoms with Crippen molar-refractivity contribution in [2.45, 2.75) is 62.8 Å². The van der Waals surface area contributed by atoms with Crippen molar-refractivity contribution < 1.29 is 22.7 Å². The molecule has 1 aliphatic carbocycles. The van der Waals surface area contributed by atoms with Crippen LogP contribution in [-0.2, 0) is 21.2 Å². The van der Waals surface area contributed by atoms with E-state index in [2.05, 4.69) is 5.32 Å². The molecule has 0 bridgehead atoms. The van der Waals surface area contributed by atoms with Gasteiger partial charge in [0.1, 0.15) is 0 Å². The Balaban J connectivity index is 1.56. The van der Waals surface area contributed by atoms with E-state index in [-0.39, 0.29) is 29.2 Å². The molecule has 1 saturated carbocycles. The normalized spacial score (nSPS) is 30.1. The van der Waals surface area contributed by atoms with Crippen LogP contribution in [0.15, 0.2) is 12.1 Å². The van der Waals surface area contributed by atoms with Crippen molar-refractivity contribution in [3.05, 3.63) is 23.3 Å². The molecule has 8 heteroatoms. The van der Waals surface area contributed by atoms with Crippen molar-refractivity contribution in [2.75, 3.05) is 20.8 Å². The van der Waals surface area contributed by atoms with E-state index in [4.69, 9.17) is 9.47 Å². The highest BCUT2D eigenvalue weighted by atomic mass is 32.2. The second-order valence-corrected chi connectivity index (χ2v) is 10.6. The highest BCUT2D eigenvalue weighted by Crippen LogP contribution is 2.42. The molecule has 1 N–H and O–H groups in total. The zero-order valence-corrected chi connectivity index (χ0v) is 18.1. The number of fused-ring (bicyclic) bond motifs is 2. The summed E-state index contributed by atoms with van der Waals surface area (Å²) in [5.74, 6) is 1.65. The van der Waals surface area contributed by atoms with Crippen LogP contribution in [0, 0.1) is 5.92 Å². The molecular weight excluding hydrogens is 392 g/mol. The molecule has 0 aromatic heterocycles. The maximum atomic E-state index is 13.6. The number of carbonyl (C=O) groups is 1.